The molecule has 116 valence electrons. The average molecular weight is 330 g/mol. The Morgan fingerprint density at radius 3 is 2.81 bits per heavy atom. The molecule has 1 aliphatic heterocycles. The fourth-order valence-electron chi connectivity index (χ4n) is 2.73. The van der Waals surface area contributed by atoms with E-state index in [4.69, 9.17) is 11.6 Å². The van der Waals surface area contributed by atoms with Crippen LogP contribution in [0.15, 0.2) is 18.2 Å². The van der Waals surface area contributed by atoms with Crippen LogP contribution in [0.2, 0.25) is 5.02 Å². The molecular weight excluding hydrogens is 310 g/mol. The maximum Gasteiger partial charge on any atom is 0.211 e. The Bertz CT molecular complexity index is 642. The largest absolute Gasteiger partial charge is 0.294 e. The lowest BCUT2D eigenvalue weighted by molar-refractivity contribution is 0.0942. The smallest absolute Gasteiger partial charge is 0.211 e. The molecule has 0 radical (unpaired) electrons. The standard InChI is InChI=1S/C15H20ClNO3S/c1-11-5-3-7-13(15(11)16)14(18)9-12-6-4-8-17(10-12)21(2,19)20/h3,5,7,12H,4,6,8-10H2,1-2H3. The zero-order valence-electron chi connectivity index (χ0n) is 12.3. The molecular formula is C15H20ClNO3S. The number of hydrogen-bond acceptors (Lipinski definition) is 3. The summed E-state index contributed by atoms with van der Waals surface area (Å²) in [5.74, 6) is 0.0570. The molecule has 0 spiro atoms. The Labute approximate surface area is 131 Å². The predicted octanol–water partition coefficient (Wildman–Crippen LogP) is 2.89. The van der Waals surface area contributed by atoms with Crippen LogP contribution >= 0.6 is 11.6 Å². The van der Waals surface area contributed by atoms with Crippen LogP contribution < -0.4 is 0 Å². The van der Waals surface area contributed by atoms with E-state index in [9.17, 15) is 13.2 Å². The topological polar surface area (TPSA) is 54.5 Å². The molecule has 0 amide bonds. The van der Waals surface area contributed by atoms with Gasteiger partial charge in [-0.2, -0.15) is 0 Å². The Hall–Kier alpha value is -0.910. The molecule has 1 aliphatic rings. The van der Waals surface area contributed by atoms with E-state index in [1.165, 1.54) is 10.6 Å². The van der Waals surface area contributed by atoms with Gasteiger partial charge in [0.2, 0.25) is 10.0 Å². The van der Waals surface area contributed by atoms with Crippen LogP contribution in [0.1, 0.15) is 35.2 Å². The summed E-state index contributed by atoms with van der Waals surface area (Å²) in [5, 5.41) is 0.498. The van der Waals surface area contributed by atoms with Gasteiger partial charge in [0.15, 0.2) is 5.78 Å². The number of halogens is 1. The third-order valence-electron chi connectivity index (χ3n) is 3.92. The summed E-state index contributed by atoms with van der Waals surface area (Å²) in [6, 6.07) is 5.41. The molecule has 0 aliphatic carbocycles. The molecule has 6 heteroatoms. The number of nitrogens with zero attached hydrogens (tertiary/aromatic N) is 1. The third-order valence-corrected chi connectivity index (χ3v) is 5.69. The van der Waals surface area contributed by atoms with Gasteiger partial charge in [-0.1, -0.05) is 23.7 Å². The van der Waals surface area contributed by atoms with Crippen LogP contribution in [-0.2, 0) is 10.0 Å². The molecule has 0 aromatic heterocycles. The molecule has 1 atom stereocenters. The van der Waals surface area contributed by atoms with E-state index in [2.05, 4.69) is 0 Å². The number of hydrogen-bond donors (Lipinski definition) is 0. The third kappa shape index (κ3) is 4.05. The molecule has 1 unspecified atom stereocenters. The monoisotopic (exact) mass is 329 g/mol. The fourth-order valence-corrected chi connectivity index (χ4v) is 3.90. The minimum absolute atomic E-state index is 0.0101. The van der Waals surface area contributed by atoms with Crippen molar-refractivity contribution in [3.63, 3.8) is 0 Å². The molecule has 1 fully saturated rings. The van der Waals surface area contributed by atoms with Gasteiger partial charge in [0.25, 0.3) is 0 Å². The highest BCUT2D eigenvalue weighted by Crippen LogP contribution is 2.26. The number of carbonyl (C=O) groups is 1. The maximum absolute atomic E-state index is 12.4. The molecule has 1 heterocycles. The number of rotatable bonds is 4. The van der Waals surface area contributed by atoms with Gasteiger partial charge in [-0.25, -0.2) is 12.7 Å². The van der Waals surface area contributed by atoms with Gasteiger partial charge >= 0.3 is 0 Å². The number of carbonyl (C=O) groups excluding carboxylic acids is 1. The second kappa shape index (κ2) is 6.46. The molecule has 21 heavy (non-hydrogen) atoms. The normalized spacial score (nSPS) is 20.4. The molecule has 0 N–H and O–H groups in total. The highest BCUT2D eigenvalue weighted by molar-refractivity contribution is 7.88. The van der Waals surface area contributed by atoms with Crippen molar-refractivity contribution in [3.05, 3.63) is 34.3 Å². The van der Waals surface area contributed by atoms with Gasteiger partial charge in [0, 0.05) is 25.1 Å². The summed E-state index contributed by atoms with van der Waals surface area (Å²) >= 11 is 6.18. The summed E-state index contributed by atoms with van der Waals surface area (Å²) in [6.45, 7) is 2.84. The summed E-state index contributed by atoms with van der Waals surface area (Å²) < 4.78 is 24.7. The van der Waals surface area contributed by atoms with Gasteiger partial charge in [-0.3, -0.25) is 4.79 Å². The quantitative estimate of drug-likeness (QED) is 0.798. The van der Waals surface area contributed by atoms with E-state index >= 15 is 0 Å². The van der Waals surface area contributed by atoms with E-state index in [1.54, 1.807) is 6.07 Å². The van der Waals surface area contributed by atoms with Gasteiger partial charge in [0.05, 0.1) is 11.3 Å². The lowest BCUT2D eigenvalue weighted by Gasteiger charge is -2.30. The maximum atomic E-state index is 12.4. The van der Waals surface area contributed by atoms with Gasteiger partial charge in [0.1, 0.15) is 0 Å². The summed E-state index contributed by atoms with van der Waals surface area (Å²) in [7, 11) is -3.18. The summed E-state index contributed by atoms with van der Waals surface area (Å²) in [5.41, 5.74) is 1.41. The first kappa shape index (κ1) is 16.5. The molecule has 0 saturated carbocycles. The van der Waals surface area contributed by atoms with Crippen molar-refractivity contribution in [1.82, 2.24) is 4.31 Å². The molecule has 0 bridgehead atoms. The van der Waals surface area contributed by atoms with Gasteiger partial charge in [-0.15, -0.1) is 0 Å². The molecule has 2 rings (SSSR count). The van der Waals surface area contributed by atoms with Crippen LogP contribution in [0, 0.1) is 12.8 Å². The second-order valence-corrected chi connectivity index (χ2v) is 8.05. The predicted molar refractivity (Wildman–Crippen MR) is 84.3 cm³/mol. The lowest BCUT2D eigenvalue weighted by atomic mass is 9.91. The van der Waals surface area contributed by atoms with Crippen molar-refractivity contribution in [2.24, 2.45) is 5.92 Å². The molecule has 1 aromatic rings. The van der Waals surface area contributed by atoms with Crippen LogP contribution in [-0.4, -0.2) is 37.9 Å². The molecule has 4 nitrogen and oxygen atoms in total. The fraction of sp³-hybridized carbons (Fsp3) is 0.533. The zero-order valence-corrected chi connectivity index (χ0v) is 13.9. The van der Waals surface area contributed by atoms with Crippen molar-refractivity contribution in [1.29, 1.82) is 0 Å². The SMILES string of the molecule is Cc1cccc(C(=O)CC2CCCN(S(C)(=O)=O)C2)c1Cl. The number of sulfonamides is 1. The molecule has 1 aromatic carbocycles. The van der Waals surface area contributed by atoms with Crippen molar-refractivity contribution in [2.45, 2.75) is 26.2 Å². The van der Waals surface area contributed by atoms with Crippen molar-refractivity contribution >= 4 is 27.4 Å². The number of Topliss-reactive ketones (excluding diaryl/α,β-unsaturated/α-hetero) is 1. The van der Waals surface area contributed by atoms with E-state index in [0.717, 1.165) is 18.4 Å². The van der Waals surface area contributed by atoms with Crippen LogP contribution in [0.3, 0.4) is 0 Å². The highest BCUT2D eigenvalue weighted by Gasteiger charge is 2.28. The van der Waals surface area contributed by atoms with E-state index in [-0.39, 0.29) is 11.7 Å². The molecule has 1 saturated heterocycles. The van der Waals surface area contributed by atoms with Crippen LogP contribution in [0.25, 0.3) is 0 Å². The first-order chi connectivity index (χ1) is 9.79. The highest BCUT2D eigenvalue weighted by atomic mass is 35.5. The van der Waals surface area contributed by atoms with Crippen molar-refractivity contribution in [2.75, 3.05) is 19.3 Å². The van der Waals surface area contributed by atoms with E-state index < -0.39 is 10.0 Å². The Balaban J connectivity index is 2.08. The Morgan fingerprint density at radius 1 is 1.43 bits per heavy atom. The van der Waals surface area contributed by atoms with Gasteiger partial charge < -0.3 is 0 Å². The Kier molecular flexibility index (Phi) is 5.07. The number of aryl methyl sites for hydroxylation is 1. The summed E-state index contributed by atoms with van der Waals surface area (Å²) in [6.07, 6.45) is 3.23. The Morgan fingerprint density at radius 2 is 2.14 bits per heavy atom. The van der Waals surface area contributed by atoms with Crippen molar-refractivity contribution < 1.29 is 13.2 Å². The number of piperidine rings is 1. The number of ketones is 1. The van der Waals surface area contributed by atoms with Crippen LogP contribution in [0.5, 0.6) is 0 Å². The minimum Gasteiger partial charge on any atom is -0.294 e. The number of benzene rings is 1. The first-order valence-electron chi connectivity index (χ1n) is 7.02. The van der Waals surface area contributed by atoms with Gasteiger partial charge in [-0.05, 0) is 37.3 Å². The van der Waals surface area contributed by atoms with E-state index in [0.29, 0.717) is 30.1 Å². The average Bonchev–Trinajstić information content (AvgIpc) is 2.41. The summed E-state index contributed by atoms with van der Waals surface area (Å²) in [4.78, 5) is 12.4. The van der Waals surface area contributed by atoms with Crippen molar-refractivity contribution in [3.8, 4) is 0 Å². The first-order valence-corrected chi connectivity index (χ1v) is 9.25. The lowest BCUT2D eigenvalue weighted by Crippen LogP contribution is -2.39. The zero-order chi connectivity index (χ0) is 15.6. The van der Waals surface area contributed by atoms with E-state index in [1.807, 2.05) is 19.1 Å². The van der Waals surface area contributed by atoms with Crippen LogP contribution in [0.4, 0.5) is 0 Å². The minimum atomic E-state index is -3.18. The second-order valence-electron chi connectivity index (χ2n) is 5.69.